The summed E-state index contributed by atoms with van der Waals surface area (Å²) in [4.78, 5) is 11.9. The highest BCUT2D eigenvalue weighted by molar-refractivity contribution is 5.93. The zero-order valence-corrected chi connectivity index (χ0v) is 10.7. The van der Waals surface area contributed by atoms with Gasteiger partial charge in [0.2, 0.25) is 0 Å². The number of aromatic nitrogens is 2. The number of rotatable bonds is 4. The van der Waals surface area contributed by atoms with Crippen LogP contribution in [0.1, 0.15) is 6.92 Å². The second-order valence-electron chi connectivity index (χ2n) is 4.08. The molecular formula is C13H15N3O3. The van der Waals surface area contributed by atoms with E-state index in [1.165, 1.54) is 12.1 Å². The molecule has 0 bridgehead atoms. The first-order valence-corrected chi connectivity index (χ1v) is 5.81. The molecule has 0 radical (unpaired) electrons. The van der Waals surface area contributed by atoms with Gasteiger partial charge in [-0.15, -0.1) is 0 Å². The zero-order valence-electron chi connectivity index (χ0n) is 10.7. The molecule has 0 aliphatic heterocycles. The lowest BCUT2D eigenvalue weighted by Crippen LogP contribution is -2.30. The van der Waals surface area contributed by atoms with Crippen LogP contribution in [0.5, 0.6) is 11.5 Å². The minimum Gasteiger partial charge on any atom is -0.508 e. The molecule has 6 nitrogen and oxygen atoms in total. The minimum atomic E-state index is -0.653. The molecule has 6 heteroatoms. The number of benzene rings is 1. The van der Waals surface area contributed by atoms with Crippen molar-refractivity contribution in [3.05, 3.63) is 36.5 Å². The average Bonchev–Trinajstić information content (AvgIpc) is 2.78. The maximum atomic E-state index is 11.9. The van der Waals surface area contributed by atoms with Crippen LogP contribution in [-0.2, 0) is 11.8 Å². The molecule has 0 aliphatic rings. The summed E-state index contributed by atoms with van der Waals surface area (Å²) in [5.74, 6) is 1.01. The number of phenols is 1. The van der Waals surface area contributed by atoms with Gasteiger partial charge in [-0.05, 0) is 31.2 Å². The third-order valence-electron chi connectivity index (χ3n) is 2.59. The largest absolute Gasteiger partial charge is 0.508 e. The van der Waals surface area contributed by atoms with Gasteiger partial charge in [0.15, 0.2) is 6.10 Å². The molecule has 0 saturated heterocycles. The molecule has 2 N–H and O–H groups in total. The molecule has 1 amide bonds. The highest BCUT2D eigenvalue weighted by Gasteiger charge is 2.16. The van der Waals surface area contributed by atoms with Crippen LogP contribution in [0, 0.1) is 0 Å². The SMILES string of the molecule is CC(Oc1ccc(O)cc1)C(=O)Nc1ccnn1C. The van der Waals surface area contributed by atoms with E-state index in [1.807, 2.05) is 0 Å². The van der Waals surface area contributed by atoms with E-state index in [2.05, 4.69) is 10.4 Å². The number of carbonyl (C=O) groups is 1. The van der Waals surface area contributed by atoms with E-state index in [1.54, 1.807) is 43.0 Å². The van der Waals surface area contributed by atoms with E-state index >= 15 is 0 Å². The van der Waals surface area contributed by atoms with Crippen molar-refractivity contribution in [2.75, 3.05) is 5.32 Å². The summed E-state index contributed by atoms with van der Waals surface area (Å²) >= 11 is 0. The van der Waals surface area contributed by atoms with Gasteiger partial charge in [0.25, 0.3) is 5.91 Å². The first kappa shape index (κ1) is 12.9. The van der Waals surface area contributed by atoms with Gasteiger partial charge >= 0.3 is 0 Å². The molecule has 0 spiro atoms. The second kappa shape index (κ2) is 5.43. The van der Waals surface area contributed by atoms with Crippen LogP contribution in [-0.4, -0.2) is 26.9 Å². The van der Waals surface area contributed by atoms with E-state index in [9.17, 15) is 4.79 Å². The molecule has 2 aromatic rings. The fourth-order valence-electron chi connectivity index (χ4n) is 1.51. The number of hydrogen-bond acceptors (Lipinski definition) is 4. The van der Waals surface area contributed by atoms with E-state index in [4.69, 9.17) is 9.84 Å². The van der Waals surface area contributed by atoms with Crippen LogP contribution in [0.3, 0.4) is 0 Å². The summed E-state index contributed by atoms with van der Waals surface area (Å²) in [6.45, 7) is 1.65. The molecule has 19 heavy (non-hydrogen) atoms. The second-order valence-corrected chi connectivity index (χ2v) is 4.08. The third kappa shape index (κ3) is 3.25. The number of amides is 1. The molecule has 100 valence electrons. The standard InChI is InChI=1S/C13H15N3O3/c1-9(19-11-5-3-10(17)4-6-11)13(18)15-12-7-8-14-16(12)2/h3-9,17H,1-2H3,(H,15,18). The molecule has 1 aromatic carbocycles. The molecule has 1 heterocycles. The molecule has 1 unspecified atom stereocenters. The lowest BCUT2D eigenvalue weighted by Gasteiger charge is -2.14. The Morgan fingerprint density at radius 3 is 2.63 bits per heavy atom. The highest BCUT2D eigenvalue weighted by Crippen LogP contribution is 2.17. The normalized spacial score (nSPS) is 11.9. The van der Waals surface area contributed by atoms with Gasteiger partial charge in [0, 0.05) is 13.1 Å². The topological polar surface area (TPSA) is 76.4 Å². The van der Waals surface area contributed by atoms with Gasteiger partial charge < -0.3 is 15.2 Å². The molecule has 1 aromatic heterocycles. The maximum Gasteiger partial charge on any atom is 0.266 e. The fraction of sp³-hybridized carbons (Fsp3) is 0.231. The highest BCUT2D eigenvalue weighted by atomic mass is 16.5. The number of carbonyl (C=O) groups excluding carboxylic acids is 1. The van der Waals surface area contributed by atoms with Crippen molar-refractivity contribution in [3.63, 3.8) is 0 Å². The van der Waals surface area contributed by atoms with Crippen molar-refractivity contribution in [1.82, 2.24) is 9.78 Å². The van der Waals surface area contributed by atoms with Crippen LogP contribution in [0.25, 0.3) is 0 Å². The Kier molecular flexibility index (Phi) is 3.70. The van der Waals surface area contributed by atoms with Gasteiger partial charge in [-0.2, -0.15) is 5.10 Å². The Morgan fingerprint density at radius 1 is 1.37 bits per heavy atom. The minimum absolute atomic E-state index is 0.152. The van der Waals surface area contributed by atoms with Crippen molar-refractivity contribution >= 4 is 11.7 Å². The predicted molar refractivity (Wildman–Crippen MR) is 70.0 cm³/mol. The smallest absolute Gasteiger partial charge is 0.266 e. The van der Waals surface area contributed by atoms with Gasteiger partial charge in [0.05, 0.1) is 6.20 Å². The van der Waals surface area contributed by atoms with Gasteiger partial charge in [-0.1, -0.05) is 0 Å². The number of aromatic hydroxyl groups is 1. The predicted octanol–water partition coefficient (Wildman–Crippen LogP) is 1.53. The summed E-state index contributed by atoms with van der Waals surface area (Å²) in [5, 5.41) is 15.8. The number of nitrogens with one attached hydrogen (secondary N) is 1. The Hall–Kier alpha value is -2.50. The lowest BCUT2D eigenvalue weighted by atomic mass is 10.3. The van der Waals surface area contributed by atoms with Crippen molar-refractivity contribution in [2.45, 2.75) is 13.0 Å². The maximum absolute atomic E-state index is 11.9. The Bertz CT molecular complexity index is 563. The quantitative estimate of drug-likeness (QED) is 0.875. The van der Waals surface area contributed by atoms with Gasteiger partial charge in [0.1, 0.15) is 17.3 Å². The lowest BCUT2D eigenvalue weighted by molar-refractivity contribution is -0.122. The van der Waals surface area contributed by atoms with E-state index in [0.29, 0.717) is 11.6 Å². The number of hydrogen-bond donors (Lipinski definition) is 2. The number of aryl methyl sites for hydroxylation is 1. The van der Waals surface area contributed by atoms with E-state index in [0.717, 1.165) is 0 Å². The van der Waals surface area contributed by atoms with Crippen molar-refractivity contribution in [2.24, 2.45) is 7.05 Å². The molecular weight excluding hydrogens is 246 g/mol. The van der Waals surface area contributed by atoms with Gasteiger partial charge in [-0.3, -0.25) is 9.48 Å². The summed E-state index contributed by atoms with van der Waals surface area (Å²) < 4.78 is 7.03. The summed E-state index contributed by atoms with van der Waals surface area (Å²) in [5.41, 5.74) is 0. The Balaban J connectivity index is 1.96. The van der Waals surface area contributed by atoms with E-state index in [-0.39, 0.29) is 11.7 Å². The van der Waals surface area contributed by atoms with Crippen LogP contribution in [0.15, 0.2) is 36.5 Å². The zero-order chi connectivity index (χ0) is 13.8. The van der Waals surface area contributed by atoms with E-state index < -0.39 is 6.10 Å². The molecule has 0 fully saturated rings. The summed E-state index contributed by atoms with van der Waals surface area (Å²) in [6.07, 6.45) is 0.945. The number of anilines is 1. The number of ether oxygens (including phenoxy) is 1. The van der Waals surface area contributed by atoms with Crippen molar-refractivity contribution < 1.29 is 14.6 Å². The van der Waals surface area contributed by atoms with Crippen molar-refractivity contribution in [1.29, 1.82) is 0 Å². The average molecular weight is 261 g/mol. The third-order valence-corrected chi connectivity index (χ3v) is 2.59. The van der Waals surface area contributed by atoms with Crippen LogP contribution in [0.4, 0.5) is 5.82 Å². The Labute approximate surface area is 110 Å². The fourth-order valence-corrected chi connectivity index (χ4v) is 1.51. The molecule has 0 aliphatic carbocycles. The number of phenolic OH excluding ortho intramolecular Hbond substituents is 1. The Morgan fingerprint density at radius 2 is 2.05 bits per heavy atom. The van der Waals surface area contributed by atoms with Crippen molar-refractivity contribution in [3.8, 4) is 11.5 Å². The van der Waals surface area contributed by atoms with Gasteiger partial charge in [-0.25, -0.2) is 0 Å². The molecule has 0 saturated carbocycles. The number of nitrogens with zero attached hydrogens (tertiary/aromatic N) is 2. The first-order valence-electron chi connectivity index (χ1n) is 5.81. The van der Waals surface area contributed by atoms with Crippen LogP contribution < -0.4 is 10.1 Å². The monoisotopic (exact) mass is 261 g/mol. The van der Waals surface area contributed by atoms with Crippen LogP contribution >= 0.6 is 0 Å². The van der Waals surface area contributed by atoms with Crippen LogP contribution in [0.2, 0.25) is 0 Å². The summed E-state index contributed by atoms with van der Waals surface area (Å²) in [6, 6.07) is 7.90. The molecule has 2 rings (SSSR count). The first-order chi connectivity index (χ1) is 9.06. The summed E-state index contributed by atoms with van der Waals surface area (Å²) in [7, 11) is 1.74. The molecule has 1 atom stereocenters.